The lowest BCUT2D eigenvalue weighted by Crippen LogP contribution is -2.38. The molecule has 0 aliphatic rings. The lowest BCUT2D eigenvalue weighted by molar-refractivity contribution is 0.0785. The Labute approximate surface area is 97.5 Å². The van der Waals surface area contributed by atoms with Crippen LogP contribution < -0.4 is 5.73 Å². The number of amidine groups is 1. The van der Waals surface area contributed by atoms with Gasteiger partial charge in [0.25, 0.3) is 5.91 Å². The lowest BCUT2D eigenvalue weighted by atomic mass is 10.2. The first kappa shape index (κ1) is 12.9. The SMILES string of the molecule is CCN(C/C(N)=N/O)C(=O)c1cncc(F)c1. The molecule has 0 saturated heterocycles. The quantitative estimate of drug-likeness (QED) is 0.345. The summed E-state index contributed by atoms with van der Waals surface area (Å²) in [5.41, 5.74) is 5.43. The van der Waals surface area contributed by atoms with E-state index in [1.807, 2.05) is 0 Å². The summed E-state index contributed by atoms with van der Waals surface area (Å²) in [6.45, 7) is 2.06. The number of carbonyl (C=O) groups excluding carboxylic acids is 1. The van der Waals surface area contributed by atoms with Crippen LogP contribution in [0.2, 0.25) is 0 Å². The van der Waals surface area contributed by atoms with Crippen molar-refractivity contribution < 1.29 is 14.4 Å². The molecule has 0 aliphatic carbocycles. The van der Waals surface area contributed by atoms with Crippen molar-refractivity contribution in [3.05, 3.63) is 29.8 Å². The number of nitrogens with zero attached hydrogens (tertiary/aromatic N) is 3. The van der Waals surface area contributed by atoms with Gasteiger partial charge in [-0.2, -0.15) is 0 Å². The molecule has 7 heteroatoms. The molecule has 1 rings (SSSR count). The molecule has 0 aliphatic heterocycles. The van der Waals surface area contributed by atoms with Gasteiger partial charge in [0.2, 0.25) is 0 Å². The Morgan fingerprint density at radius 1 is 1.65 bits per heavy atom. The summed E-state index contributed by atoms with van der Waals surface area (Å²) in [5.74, 6) is -1.11. The molecular weight excluding hydrogens is 227 g/mol. The van der Waals surface area contributed by atoms with Gasteiger partial charge < -0.3 is 15.8 Å². The zero-order valence-corrected chi connectivity index (χ0v) is 9.30. The highest BCUT2D eigenvalue weighted by Crippen LogP contribution is 2.05. The van der Waals surface area contributed by atoms with E-state index in [0.29, 0.717) is 6.54 Å². The lowest BCUT2D eigenvalue weighted by Gasteiger charge is -2.19. The maximum atomic E-state index is 12.9. The summed E-state index contributed by atoms with van der Waals surface area (Å²) in [7, 11) is 0. The van der Waals surface area contributed by atoms with Crippen molar-refractivity contribution in [1.82, 2.24) is 9.88 Å². The molecule has 1 aromatic rings. The van der Waals surface area contributed by atoms with Crippen LogP contribution in [0, 0.1) is 5.82 Å². The van der Waals surface area contributed by atoms with Crippen molar-refractivity contribution in [1.29, 1.82) is 0 Å². The fraction of sp³-hybridized carbons (Fsp3) is 0.300. The van der Waals surface area contributed by atoms with Gasteiger partial charge in [0.05, 0.1) is 18.3 Å². The first-order valence-corrected chi connectivity index (χ1v) is 4.94. The van der Waals surface area contributed by atoms with Gasteiger partial charge in [-0.05, 0) is 13.0 Å². The molecule has 1 amide bonds. The molecule has 0 aromatic carbocycles. The van der Waals surface area contributed by atoms with Crippen LogP contribution in [0.15, 0.2) is 23.6 Å². The maximum absolute atomic E-state index is 12.9. The zero-order valence-electron chi connectivity index (χ0n) is 9.30. The third kappa shape index (κ3) is 3.40. The van der Waals surface area contributed by atoms with E-state index in [-0.39, 0.29) is 17.9 Å². The first-order chi connectivity index (χ1) is 8.08. The van der Waals surface area contributed by atoms with E-state index in [1.54, 1.807) is 6.92 Å². The van der Waals surface area contributed by atoms with Crippen molar-refractivity contribution in [2.75, 3.05) is 13.1 Å². The summed E-state index contributed by atoms with van der Waals surface area (Å²) in [4.78, 5) is 16.8. The van der Waals surface area contributed by atoms with Crippen LogP contribution in [0.1, 0.15) is 17.3 Å². The summed E-state index contributed by atoms with van der Waals surface area (Å²) < 4.78 is 12.9. The number of halogens is 1. The highest BCUT2D eigenvalue weighted by molar-refractivity contribution is 5.96. The number of nitrogens with two attached hydrogens (primary N) is 1. The van der Waals surface area contributed by atoms with Gasteiger partial charge in [0.15, 0.2) is 5.84 Å². The van der Waals surface area contributed by atoms with Crippen LogP contribution in [0.3, 0.4) is 0 Å². The molecule has 0 bridgehead atoms. The van der Waals surface area contributed by atoms with Crippen molar-refractivity contribution >= 4 is 11.7 Å². The summed E-state index contributed by atoms with van der Waals surface area (Å²) in [5, 5.41) is 11.2. The van der Waals surface area contributed by atoms with Crippen molar-refractivity contribution in [3.8, 4) is 0 Å². The highest BCUT2D eigenvalue weighted by atomic mass is 19.1. The Morgan fingerprint density at radius 2 is 2.35 bits per heavy atom. The Kier molecular flexibility index (Phi) is 4.38. The van der Waals surface area contributed by atoms with E-state index >= 15 is 0 Å². The average molecular weight is 240 g/mol. The van der Waals surface area contributed by atoms with Crippen molar-refractivity contribution in [3.63, 3.8) is 0 Å². The molecule has 0 unspecified atom stereocenters. The van der Waals surface area contributed by atoms with E-state index in [4.69, 9.17) is 10.9 Å². The third-order valence-corrected chi connectivity index (χ3v) is 2.10. The van der Waals surface area contributed by atoms with Gasteiger partial charge in [0, 0.05) is 12.7 Å². The molecule has 0 spiro atoms. The van der Waals surface area contributed by atoms with Crippen LogP contribution >= 0.6 is 0 Å². The molecule has 0 radical (unpaired) electrons. The van der Waals surface area contributed by atoms with Crippen LogP contribution in [-0.2, 0) is 0 Å². The molecule has 1 aromatic heterocycles. The molecule has 0 saturated carbocycles. The van der Waals surface area contributed by atoms with Gasteiger partial charge in [-0.15, -0.1) is 0 Å². The number of oxime groups is 1. The molecular formula is C10H13FN4O2. The number of carbonyl (C=O) groups is 1. The Morgan fingerprint density at radius 3 is 2.88 bits per heavy atom. The fourth-order valence-corrected chi connectivity index (χ4v) is 1.27. The van der Waals surface area contributed by atoms with E-state index < -0.39 is 11.7 Å². The minimum absolute atomic E-state index is 0.0254. The molecule has 3 N–H and O–H groups in total. The number of rotatable bonds is 4. The van der Waals surface area contributed by atoms with Crippen LogP contribution in [0.4, 0.5) is 4.39 Å². The molecule has 1 heterocycles. The second-order valence-electron chi connectivity index (χ2n) is 3.30. The van der Waals surface area contributed by atoms with E-state index in [9.17, 15) is 9.18 Å². The molecule has 17 heavy (non-hydrogen) atoms. The van der Waals surface area contributed by atoms with Gasteiger partial charge in [-0.3, -0.25) is 9.78 Å². The van der Waals surface area contributed by atoms with Gasteiger partial charge in [-0.1, -0.05) is 5.16 Å². The molecule has 0 atom stereocenters. The van der Waals surface area contributed by atoms with Gasteiger partial charge >= 0.3 is 0 Å². The monoisotopic (exact) mass is 240 g/mol. The topological polar surface area (TPSA) is 91.8 Å². The molecule has 0 fully saturated rings. The summed E-state index contributed by atoms with van der Waals surface area (Å²) >= 11 is 0. The maximum Gasteiger partial charge on any atom is 0.255 e. The number of hydrogen-bond acceptors (Lipinski definition) is 4. The van der Waals surface area contributed by atoms with Crippen LogP contribution in [0.5, 0.6) is 0 Å². The number of pyridine rings is 1. The van der Waals surface area contributed by atoms with Crippen molar-refractivity contribution in [2.24, 2.45) is 10.9 Å². The highest BCUT2D eigenvalue weighted by Gasteiger charge is 2.16. The smallest absolute Gasteiger partial charge is 0.255 e. The molecule has 92 valence electrons. The number of aromatic nitrogens is 1. The standard InChI is InChI=1S/C10H13FN4O2/c1-2-15(6-9(12)14-17)10(16)7-3-8(11)5-13-4-7/h3-5,17H,2,6H2,1H3,(H2,12,14). The largest absolute Gasteiger partial charge is 0.409 e. The predicted molar refractivity (Wildman–Crippen MR) is 59.2 cm³/mol. The second kappa shape index (κ2) is 5.78. The molecule has 6 nitrogen and oxygen atoms in total. The summed E-state index contributed by atoms with van der Waals surface area (Å²) in [6, 6.07) is 1.09. The van der Waals surface area contributed by atoms with Gasteiger partial charge in [0.1, 0.15) is 5.82 Å². The Balaban J connectivity index is 2.86. The van der Waals surface area contributed by atoms with E-state index in [0.717, 1.165) is 12.3 Å². The number of hydrogen-bond donors (Lipinski definition) is 2. The minimum atomic E-state index is -0.587. The predicted octanol–water partition coefficient (Wildman–Crippen LogP) is 0.429. The van der Waals surface area contributed by atoms with Crippen molar-refractivity contribution in [2.45, 2.75) is 6.92 Å². The zero-order chi connectivity index (χ0) is 12.8. The Hall–Kier alpha value is -2.18. The fourth-order valence-electron chi connectivity index (χ4n) is 1.27. The minimum Gasteiger partial charge on any atom is -0.409 e. The van der Waals surface area contributed by atoms with E-state index in [2.05, 4.69) is 10.1 Å². The average Bonchev–Trinajstić information content (AvgIpc) is 2.34. The van der Waals surface area contributed by atoms with E-state index in [1.165, 1.54) is 11.1 Å². The number of likely N-dealkylation sites (N-methyl/N-ethyl adjacent to an activating group) is 1. The van der Waals surface area contributed by atoms with Crippen LogP contribution in [-0.4, -0.2) is 39.9 Å². The third-order valence-electron chi connectivity index (χ3n) is 2.10. The first-order valence-electron chi connectivity index (χ1n) is 4.94. The summed E-state index contributed by atoms with van der Waals surface area (Å²) in [6.07, 6.45) is 2.27. The Bertz CT molecular complexity index is 436. The van der Waals surface area contributed by atoms with Crippen LogP contribution in [0.25, 0.3) is 0 Å². The normalized spacial score (nSPS) is 11.3. The number of amides is 1. The second-order valence-corrected chi connectivity index (χ2v) is 3.30. The van der Waals surface area contributed by atoms with Gasteiger partial charge in [-0.25, -0.2) is 4.39 Å².